The fourth-order valence-electron chi connectivity index (χ4n) is 10.2. The zero-order valence-corrected chi connectivity index (χ0v) is 49.1. The first-order valence-corrected chi connectivity index (χ1v) is 32.8. The minimum Gasteiger partial charge on any atom is -0.466 e. The third-order valence-electron chi connectivity index (χ3n) is 15.2. The van der Waals surface area contributed by atoms with Gasteiger partial charge in [0.25, 0.3) is 0 Å². The Bertz CT molecular complexity index is 1180. The standard InChI is InChI=1S/C67H127NO5/c1-3-5-7-9-11-13-15-17-19-21-24-27-31-35-39-43-47-51-55-59-65(70)64(63-69)68-66(71)60-56-52-48-44-40-36-32-28-25-23-26-30-34-38-42-46-50-54-58-62-73-67(72)61-57-53-49-45-41-37-33-29-22-20-18-16-14-12-10-8-6-4-2/h30,34,38,42,55,59,64-65,69-70H,3-29,31-33,35-37,39-41,43-54,56-58,60-63H2,1-2H3,(H,68,71)/b34-30-,42-38-,59-55+. The Morgan fingerprint density at radius 2 is 0.671 bits per heavy atom. The van der Waals surface area contributed by atoms with Gasteiger partial charge in [0.05, 0.1) is 25.4 Å². The highest BCUT2D eigenvalue weighted by atomic mass is 16.5. The number of esters is 1. The molecular weight excluding hydrogens is 899 g/mol. The fraction of sp³-hybridized carbons (Fsp3) is 0.881. The molecule has 430 valence electrons. The van der Waals surface area contributed by atoms with Crippen molar-refractivity contribution in [3.63, 3.8) is 0 Å². The zero-order valence-electron chi connectivity index (χ0n) is 49.1. The molecule has 0 rings (SSSR count). The molecule has 0 heterocycles. The Kier molecular flexibility index (Phi) is 61.0. The van der Waals surface area contributed by atoms with Crippen LogP contribution in [0.1, 0.15) is 354 Å². The van der Waals surface area contributed by atoms with Gasteiger partial charge in [0.2, 0.25) is 5.91 Å². The summed E-state index contributed by atoms with van der Waals surface area (Å²) in [5.41, 5.74) is 0. The van der Waals surface area contributed by atoms with Crippen molar-refractivity contribution in [3.05, 3.63) is 36.5 Å². The summed E-state index contributed by atoms with van der Waals surface area (Å²) in [5.74, 6) is -0.0846. The molecular formula is C67H127NO5. The van der Waals surface area contributed by atoms with Crippen LogP contribution >= 0.6 is 0 Å². The first-order chi connectivity index (χ1) is 36.0. The lowest BCUT2D eigenvalue weighted by atomic mass is 10.0. The number of aliphatic hydroxyl groups is 2. The first-order valence-electron chi connectivity index (χ1n) is 32.8. The van der Waals surface area contributed by atoms with Gasteiger partial charge in [-0.05, 0) is 64.2 Å². The Labute approximate surface area is 455 Å². The molecule has 0 radical (unpaired) electrons. The second-order valence-corrected chi connectivity index (χ2v) is 22.5. The number of hydrogen-bond acceptors (Lipinski definition) is 5. The molecule has 0 saturated heterocycles. The molecule has 2 atom stereocenters. The van der Waals surface area contributed by atoms with Crippen molar-refractivity contribution in [3.8, 4) is 0 Å². The van der Waals surface area contributed by atoms with Crippen LogP contribution in [0.4, 0.5) is 0 Å². The largest absolute Gasteiger partial charge is 0.466 e. The maximum atomic E-state index is 12.5. The van der Waals surface area contributed by atoms with Crippen molar-refractivity contribution in [2.24, 2.45) is 0 Å². The van der Waals surface area contributed by atoms with E-state index in [0.717, 1.165) is 77.0 Å². The summed E-state index contributed by atoms with van der Waals surface area (Å²) in [5, 5.41) is 23.2. The van der Waals surface area contributed by atoms with E-state index in [9.17, 15) is 19.8 Å². The number of ether oxygens (including phenoxy) is 1. The average Bonchev–Trinajstić information content (AvgIpc) is 3.39. The fourth-order valence-corrected chi connectivity index (χ4v) is 10.2. The van der Waals surface area contributed by atoms with E-state index < -0.39 is 12.1 Å². The maximum absolute atomic E-state index is 12.5. The molecule has 73 heavy (non-hydrogen) atoms. The van der Waals surface area contributed by atoms with Gasteiger partial charge >= 0.3 is 5.97 Å². The summed E-state index contributed by atoms with van der Waals surface area (Å²) in [6, 6.07) is -0.637. The van der Waals surface area contributed by atoms with Crippen LogP contribution in [0.15, 0.2) is 36.5 Å². The number of aliphatic hydroxyl groups excluding tert-OH is 2. The van der Waals surface area contributed by atoms with E-state index in [1.165, 1.54) is 250 Å². The van der Waals surface area contributed by atoms with Crippen LogP contribution in [0, 0.1) is 0 Å². The number of carbonyl (C=O) groups excluding carboxylic acids is 2. The van der Waals surface area contributed by atoms with Gasteiger partial charge in [-0.3, -0.25) is 9.59 Å². The second-order valence-electron chi connectivity index (χ2n) is 22.5. The van der Waals surface area contributed by atoms with Crippen molar-refractivity contribution >= 4 is 11.9 Å². The lowest BCUT2D eigenvalue weighted by Gasteiger charge is -2.20. The molecule has 0 aromatic rings. The monoisotopic (exact) mass is 1030 g/mol. The van der Waals surface area contributed by atoms with Gasteiger partial charge in [0.15, 0.2) is 0 Å². The second kappa shape index (κ2) is 62.6. The van der Waals surface area contributed by atoms with Crippen LogP contribution in [0.5, 0.6) is 0 Å². The molecule has 0 aliphatic carbocycles. The molecule has 1 amide bonds. The van der Waals surface area contributed by atoms with Gasteiger partial charge in [-0.15, -0.1) is 0 Å². The van der Waals surface area contributed by atoms with E-state index in [2.05, 4.69) is 43.5 Å². The Hall–Kier alpha value is -1.92. The molecule has 6 nitrogen and oxygen atoms in total. The molecule has 0 bridgehead atoms. The van der Waals surface area contributed by atoms with Crippen molar-refractivity contribution in [1.82, 2.24) is 5.32 Å². The van der Waals surface area contributed by atoms with E-state index in [-0.39, 0.29) is 18.5 Å². The highest BCUT2D eigenvalue weighted by Crippen LogP contribution is 2.18. The lowest BCUT2D eigenvalue weighted by molar-refractivity contribution is -0.143. The first kappa shape index (κ1) is 71.1. The minimum atomic E-state index is -0.852. The molecule has 0 fully saturated rings. The summed E-state index contributed by atoms with van der Waals surface area (Å²) < 4.78 is 5.47. The SMILES string of the molecule is CCCCCCCCCCCCCCCCCCC/C=C/C(O)C(CO)NC(=O)CCCCCCCCCCCC/C=C\C=C/CCCCCOC(=O)CCCCCCCCCCCCCCCCCCCC. The van der Waals surface area contributed by atoms with Gasteiger partial charge in [-0.1, -0.05) is 314 Å². The number of hydrogen-bond donors (Lipinski definition) is 3. The third kappa shape index (κ3) is 59.2. The molecule has 0 spiro atoms. The zero-order chi connectivity index (χ0) is 52.9. The molecule has 3 N–H and O–H groups in total. The van der Waals surface area contributed by atoms with E-state index in [1.54, 1.807) is 6.08 Å². The summed E-state index contributed by atoms with van der Waals surface area (Å²) in [7, 11) is 0. The summed E-state index contributed by atoms with van der Waals surface area (Å²) in [6.45, 7) is 4.89. The van der Waals surface area contributed by atoms with Crippen LogP contribution < -0.4 is 5.32 Å². The van der Waals surface area contributed by atoms with Gasteiger partial charge < -0.3 is 20.3 Å². The van der Waals surface area contributed by atoms with Crippen molar-refractivity contribution in [2.45, 2.75) is 366 Å². The number of rotatable bonds is 61. The normalized spacial score (nSPS) is 12.8. The van der Waals surface area contributed by atoms with Crippen LogP contribution in [0.25, 0.3) is 0 Å². The smallest absolute Gasteiger partial charge is 0.305 e. The Balaban J connectivity index is 3.48. The van der Waals surface area contributed by atoms with E-state index in [0.29, 0.717) is 19.4 Å². The molecule has 2 unspecified atom stereocenters. The van der Waals surface area contributed by atoms with Crippen LogP contribution in [-0.2, 0) is 14.3 Å². The lowest BCUT2D eigenvalue weighted by Crippen LogP contribution is -2.45. The molecule has 6 heteroatoms. The highest BCUT2D eigenvalue weighted by Gasteiger charge is 2.18. The minimum absolute atomic E-state index is 0.00935. The molecule has 0 aliphatic rings. The summed E-state index contributed by atoms with van der Waals surface area (Å²) in [4.78, 5) is 24.6. The van der Waals surface area contributed by atoms with Gasteiger partial charge in [0.1, 0.15) is 0 Å². The van der Waals surface area contributed by atoms with Gasteiger partial charge in [-0.25, -0.2) is 0 Å². The van der Waals surface area contributed by atoms with Gasteiger partial charge in [-0.2, -0.15) is 0 Å². The third-order valence-corrected chi connectivity index (χ3v) is 15.2. The quantitative estimate of drug-likeness (QED) is 0.0244. The number of carbonyl (C=O) groups is 2. The van der Waals surface area contributed by atoms with E-state index in [1.807, 2.05) is 6.08 Å². The predicted octanol–water partition coefficient (Wildman–Crippen LogP) is 20.8. The molecule has 0 saturated carbocycles. The highest BCUT2D eigenvalue weighted by molar-refractivity contribution is 5.76. The Morgan fingerprint density at radius 1 is 0.384 bits per heavy atom. The number of unbranched alkanes of at least 4 members (excludes halogenated alkanes) is 47. The van der Waals surface area contributed by atoms with Crippen LogP contribution in [0.3, 0.4) is 0 Å². The van der Waals surface area contributed by atoms with Crippen LogP contribution in [-0.4, -0.2) is 47.4 Å². The Morgan fingerprint density at radius 3 is 1.01 bits per heavy atom. The van der Waals surface area contributed by atoms with Crippen molar-refractivity contribution in [2.75, 3.05) is 13.2 Å². The van der Waals surface area contributed by atoms with Crippen LogP contribution in [0.2, 0.25) is 0 Å². The van der Waals surface area contributed by atoms with Crippen molar-refractivity contribution in [1.29, 1.82) is 0 Å². The summed E-state index contributed by atoms with van der Waals surface area (Å²) in [6.07, 6.45) is 79.1. The average molecular weight is 1030 g/mol. The van der Waals surface area contributed by atoms with E-state index in [4.69, 9.17) is 4.74 Å². The maximum Gasteiger partial charge on any atom is 0.305 e. The number of amides is 1. The molecule has 0 aromatic carbocycles. The number of nitrogens with one attached hydrogen (secondary N) is 1. The predicted molar refractivity (Wildman–Crippen MR) is 319 cm³/mol. The molecule has 0 aromatic heterocycles. The summed E-state index contributed by atoms with van der Waals surface area (Å²) >= 11 is 0. The molecule has 0 aliphatic heterocycles. The van der Waals surface area contributed by atoms with E-state index >= 15 is 0 Å². The number of allylic oxidation sites excluding steroid dienone is 5. The van der Waals surface area contributed by atoms with Crippen molar-refractivity contribution < 1.29 is 24.5 Å². The van der Waals surface area contributed by atoms with Gasteiger partial charge in [0, 0.05) is 12.8 Å². The topological polar surface area (TPSA) is 95.9 Å².